The molecule has 2 N–H and O–H groups in total. The van der Waals surface area contributed by atoms with Crippen LogP contribution >= 0.6 is 0 Å². The summed E-state index contributed by atoms with van der Waals surface area (Å²) in [6, 6.07) is 3.39. The highest BCUT2D eigenvalue weighted by atomic mass is 19.1. The lowest BCUT2D eigenvalue weighted by Gasteiger charge is -2.23. The van der Waals surface area contributed by atoms with E-state index in [1.54, 1.807) is 14.0 Å². The Kier molecular flexibility index (Phi) is 4.57. The lowest BCUT2D eigenvalue weighted by atomic mass is 10.1. The van der Waals surface area contributed by atoms with Crippen molar-refractivity contribution in [2.75, 3.05) is 13.6 Å². The number of hydrogen-bond acceptors (Lipinski definition) is 2. The summed E-state index contributed by atoms with van der Waals surface area (Å²) >= 11 is 0. The van der Waals surface area contributed by atoms with Crippen molar-refractivity contribution in [3.8, 4) is 0 Å². The molecular formula is C12H16F2N2O. The maximum absolute atomic E-state index is 13.3. The first-order valence-corrected chi connectivity index (χ1v) is 5.36. The fourth-order valence-corrected chi connectivity index (χ4v) is 1.38. The van der Waals surface area contributed by atoms with E-state index >= 15 is 0 Å². The lowest BCUT2D eigenvalue weighted by Crippen LogP contribution is -2.40. The summed E-state index contributed by atoms with van der Waals surface area (Å²) in [5.41, 5.74) is 5.22. The van der Waals surface area contributed by atoms with Gasteiger partial charge in [0.25, 0.3) is 0 Å². The predicted octanol–water partition coefficient (Wildman–Crippen LogP) is 1.31. The number of carbonyl (C=O) groups is 1. The van der Waals surface area contributed by atoms with Crippen molar-refractivity contribution in [3.05, 3.63) is 35.4 Å². The number of halogens is 2. The average molecular weight is 242 g/mol. The molecule has 0 aliphatic rings. The van der Waals surface area contributed by atoms with Crippen LogP contribution < -0.4 is 5.73 Å². The minimum atomic E-state index is -0.702. The van der Waals surface area contributed by atoms with E-state index in [4.69, 9.17) is 5.73 Å². The van der Waals surface area contributed by atoms with Crippen LogP contribution in [-0.2, 0) is 11.2 Å². The van der Waals surface area contributed by atoms with Crippen molar-refractivity contribution in [2.24, 2.45) is 5.73 Å². The van der Waals surface area contributed by atoms with Crippen molar-refractivity contribution in [1.29, 1.82) is 0 Å². The van der Waals surface area contributed by atoms with Crippen molar-refractivity contribution >= 4 is 5.91 Å². The van der Waals surface area contributed by atoms with Crippen LogP contribution in [0.1, 0.15) is 12.5 Å². The maximum atomic E-state index is 13.3. The first kappa shape index (κ1) is 13.6. The Morgan fingerprint density at radius 2 is 1.94 bits per heavy atom. The number of amides is 1. The van der Waals surface area contributed by atoms with Gasteiger partial charge in [-0.1, -0.05) is 6.07 Å². The highest BCUT2D eigenvalue weighted by molar-refractivity contribution is 5.78. The van der Waals surface area contributed by atoms with Gasteiger partial charge in [0.15, 0.2) is 0 Å². The van der Waals surface area contributed by atoms with Crippen molar-refractivity contribution in [2.45, 2.75) is 19.4 Å². The zero-order valence-corrected chi connectivity index (χ0v) is 9.91. The van der Waals surface area contributed by atoms with Crippen LogP contribution in [0.25, 0.3) is 0 Å². The Bertz CT molecular complexity index is 389. The second-order valence-electron chi connectivity index (χ2n) is 3.97. The fraction of sp³-hybridized carbons (Fsp3) is 0.417. The number of nitrogens with zero attached hydrogens (tertiary/aromatic N) is 1. The van der Waals surface area contributed by atoms with Crippen molar-refractivity contribution in [1.82, 2.24) is 4.90 Å². The normalized spacial score (nSPS) is 12.3. The summed E-state index contributed by atoms with van der Waals surface area (Å²) in [5, 5.41) is 0. The average Bonchev–Trinajstić information content (AvgIpc) is 2.31. The molecule has 0 saturated heterocycles. The van der Waals surface area contributed by atoms with Gasteiger partial charge in [-0.3, -0.25) is 4.79 Å². The predicted molar refractivity (Wildman–Crippen MR) is 61.3 cm³/mol. The molecule has 0 bridgehead atoms. The number of carbonyl (C=O) groups excluding carboxylic acids is 1. The largest absolute Gasteiger partial charge is 0.341 e. The minimum Gasteiger partial charge on any atom is -0.341 e. The molecule has 5 heteroatoms. The second-order valence-corrected chi connectivity index (χ2v) is 3.97. The SMILES string of the molecule is CC(CN)N(C)C(=O)Cc1c(F)cccc1F. The molecule has 0 fully saturated rings. The summed E-state index contributed by atoms with van der Waals surface area (Å²) in [5.74, 6) is -1.76. The third kappa shape index (κ3) is 3.23. The first-order chi connectivity index (χ1) is 7.97. The van der Waals surface area contributed by atoms with Crippen LogP contribution in [0, 0.1) is 11.6 Å². The van der Waals surface area contributed by atoms with Gasteiger partial charge in [-0.05, 0) is 19.1 Å². The number of nitrogens with two attached hydrogens (primary N) is 1. The van der Waals surface area contributed by atoms with E-state index in [1.807, 2.05) is 0 Å². The van der Waals surface area contributed by atoms with Gasteiger partial charge in [0, 0.05) is 25.2 Å². The number of hydrogen-bond donors (Lipinski definition) is 1. The smallest absolute Gasteiger partial charge is 0.227 e. The molecule has 1 rings (SSSR count). The Balaban J connectivity index is 2.81. The van der Waals surface area contributed by atoms with Gasteiger partial charge in [0.05, 0.1) is 6.42 Å². The lowest BCUT2D eigenvalue weighted by molar-refractivity contribution is -0.130. The van der Waals surface area contributed by atoms with Crippen LogP contribution in [0.2, 0.25) is 0 Å². The van der Waals surface area contributed by atoms with Crippen molar-refractivity contribution < 1.29 is 13.6 Å². The van der Waals surface area contributed by atoms with Crippen LogP contribution in [-0.4, -0.2) is 30.4 Å². The molecular weight excluding hydrogens is 226 g/mol. The second kappa shape index (κ2) is 5.72. The Morgan fingerprint density at radius 3 is 2.41 bits per heavy atom. The van der Waals surface area contributed by atoms with E-state index in [0.29, 0.717) is 6.54 Å². The van der Waals surface area contributed by atoms with E-state index in [-0.39, 0.29) is 23.9 Å². The van der Waals surface area contributed by atoms with Gasteiger partial charge in [0.2, 0.25) is 5.91 Å². The van der Waals surface area contributed by atoms with E-state index in [0.717, 1.165) is 12.1 Å². The van der Waals surface area contributed by atoms with Crippen LogP contribution in [0.3, 0.4) is 0 Å². The number of rotatable bonds is 4. The van der Waals surface area contributed by atoms with E-state index in [1.165, 1.54) is 11.0 Å². The number of benzene rings is 1. The van der Waals surface area contributed by atoms with Gasteiger partial charge in [-0.15, -0.1) is 0 Å². The quantitative estimate of drug-likeness (QED) is 0.865. The summed E-state index contributed by atoms with van der Waals surface area (Å²) in [6.45, 7) is 2.08. The third-order valence-electron chi connectivity index (χ3n) is 2.79. The molecule has 17 heavy (non-hydrogen) atoms. The summed E-state index contributed by atoms with van der Waals surface area (Å²) in [4.78, 5) is 13.1. The van der Waals surface area contributed by atoms with E-state index in [2.05, 4.69) is 0 Å². The highest BCUT2D eigenvalue weighted by Crippen LogP contribution is 2.13. The third-order valence-corrected chi connectivity index (χ3v) is 2.79. The van der Waals surface area contributed by atoms with Gasteiger partial charge >= 0.3 is 0 Å². The topological polar surface area (TPSA) is 46.3 Å². The van der Waals surface area contributed by atoms with Gasteiger partial charge in [-0.25, -0.2) is 8.78 Å². The Hall–Kier alpha value is -1.49. The standard InChI is InChI=1S/C12H16F2N2O/c1-8(7-15)16(2)12(17)6-9-10(13)4-3-5-11(9)14/h3-5,8H,6-7,15H2,1-2H3. The zero-order valence-electron chi connectivity index (χ0n) is 9.91. The molecule has 1 aromatic rings. The minimum absolute atomic E-state index is 0.155. The van der Waals surface area contributed by atoms with Gasteiger partial charge < -0.3 is 10.6 Å². The summed E-state index contributed by atoms with van der Waals surface area (Å²) in [7, 11) is 1.57. The molecule has 0 aromatic heterocycles. The Labute approximate surface area is 99.2 Å². The molecule has 1 atom stereocenters. The molecule has 1 amide bonds. The molecule has 1 unspecified atom stereocenters. The van der Waals surface area contributed by atoms with Crippen LogP contribution in [0.4, 0.5) is 8.78 Å². The fourth-order valence-electron chi connectivity index (χ4n) is 1.38. The van der Waals surface area contributed by atoms with Crippen molar-refractivity contribution in [3.63, 3.8) is 0 Å². The maximum Gasteiger partial charge on any atom is 0.227 e. The summed E-state index contributed by atoms with van der Waals surface area (Å²) in [6.07, 6.45) is -0.292. The monoisotopic (exact) mass is 242 g/mol. The molecule has 0 heterocycles. The van der Waals surface area contributed by atoms with Gasteiger partial charge in [-0.2, -0.15) is 0 Å². The zero-order chi connectivity index (χ0) is 13.0. The van der Waals surface area contributed by atoms with Crippen LogP contribution in [0.15, 0.2) is 18.2 Å². The molecule has 94 valence electrons. The molecule has 0 radical (unpaired) electrons. The molecule has 0 spiro atoms. The summed E-state index contributed by atoms with van der Waals surface area (Å²) < 4.78 is 26.6. The first-order valence-electron chi connectivity index (χ1n) is 5.36. The van der Waals surface area contributed by atoms with Gasteiger partial charge in [0.1, 0.15) is 11.6 Å². The molecule has 0 aliphatic carbocycles. The van der Waals surface area contributed by atoms with E-state index in [9.17, 15) is 13.6 Å². The Morgan fingerprint density at radius 1 is 1.41 bits per heavy atom. The molecule has 3 nitrogen and oxygen atoms in total. The van der Waals surface area contributed by atoms with Crippen LogP contribution in [0.5, 0.6) is 0 Å². The molecule has 1 aromatic carbocycles. The highest BCUT2D eigenvalue weighted by Gasteiger charge is 2.18. The number of likely N-dealkylation sites (N-methyl/N-ethyl adjacent to an activating group) is 1. The molecule has 0 saturated carbocycles. The van der Waals surface area contributed by atoms with E-state index < -0.39 is 11.6 Å². The molecule has 0 aliphatic heterocycles.